The standard InChI is InChI=1S/C26H26ClNO8/c1-30-20-13-18(21(31-2)12-17(20)27)28-14-15-7-8-19(22(9-15)32-3)36-26(29)16-10-23(33-4)25(35-6)24(11-16)34-5/h7-14H,1-6H3. The summed E-state index contributed by atoms with van der Waals surface area (Å²) in [7, 11) is 8.92. The van der Waals surface area contributed by atoms with Gasteiger partial charge in [0, 0.05) is 18.3 Å². The number of methoxy groups -OCH3 is 6. The molecule has 0 fully saturated rings. The molecular weight excluding hydrogens is 490 g/mol. The van der Waals surface area contributed by atoms with E-state index in [0.29, 0.717) is 50.8 Å². The third kappa shape index (κ3) is 5.75. The van der Waals surface area contributed by atoms with Crippen LogP contribution in [0.4, 0.5) is 5.69 Å². The molecule has 0 atom stereocenters. The minimum absolute atomic E-state index is 0.209. The number of benzene rings is 3. The van der Waals surface area contributed by atoms with Gasteiger partial charge in [-0.2, -0.15) is 0 Å². The van der Waals surface area contributed by atoms with E-state index in [0.717, 1.165) is 0 Å². The normalized spacial score (nSPS) is 10.6. The van der Waals surface area contributed by atoms with E-state index in [1.807, 2.05) is 0 Å². The summed E-state index contributed by atoms with van der Waals surface area (Å²) >= 11 is 6.15. The first-order valence-corrected chi connectivity index (χ1v) is 10.9. The fourth-order valence-electron chi connectivity index (χ4n) is 3.30. The van der Waals surface area contributed by atoms with Gasteiger partial charge in [0.2, 0.25) is 5.75 Å². The summed E-state index contributed by atoms with van der Waals surface area (Å²) in [5.41, 5.74) is 1.42. The highest BCUT2D eigenvalue weighted by atomic mass is 35.5. The molecule has 0 unspecified atom stereocenters. The third-order valence-electron chi connectivity index (χ3n) is 5.10. The summed E-state index contributed by atoms with van der Waals surface area (Å²) in [6.45, 7) is 0. The zero-order chi connectivity index (χ0) is 26.2. The Morgan fingerprint density at radius 1 is 0.694 bits per heavy atom. The van der Waals surface area contributed by atoms with Gasteiger partial charge in [-0.25, -0.2) is 4.79 Å². The second kappa shape index (κ2) is 12.0. The van der Waals surface area contributed by atoms with E-state index in [-0.39, 0.29) is 11.3 Å². The van der Waals surface area contributed by atoms with Gasteiger partial charge in [-0.15, -0.1) is 0 Å². The quantitative estimate of drug-likeness (QED) is 0.202. The Kier molecular flexibility index (Phi) is 8.86. The number of halogens is 1. The van der Waals surface area contributed by atoms with Gasteiger partial charge in [-0.1, -0.05) is 11.6 Å². The van der Waals surface area contributed by atoms with Crippen molar-refractivity contribution in [3.05, 3.63) is 58.6 Å². The van der Waals surface area contributed by atoms with Crippen molar-refractivity contribution < 1.29 is 38.0 Å². The van der Waals surface area contributed by atoms with Crippen LogP contribution in [0.5, 0.6) is 40.2 Å². The van der Waals surface area contributed by atoms with Crippen molar-refractivity contribution in [3.8, 4) is 40.2 Å². The first-order chi connectivity index (χ1) is 17.4. The summed E-state index contributed by atoms with van der Waals surface area (Å²) in [4.78, 5) is 17.4. The Morgan fingerprint density at radius 3 is 1.86 bits per heavy atom. The fourth-order valence-corrected chi connectivity index (χ4v) is 3.53. The summed E-state index contributed by atoms with van der Waals surface area (Å²) in [5, 5.41) is 0.410. The first kappa shape index (κ1) is 26.5. The van der Waals surface area contributed by atoms with E-state index in [1.165, 1.54) is 54.8 Å². The maximum Gasteiger partial charge on any atom is 0.343 e. The Balaban J connectivity index is 1.87. The minimum Gasteiger partial charge on any atom is -0.495 e. The van der Waals surface area contributed by atoms with Crippen LogP contribution in [0.1, 0.15) is 15.9 Å². The van der Waals surface area contributed by atoms with Gasteiger partial charge in [0.15, 0.2) is 23.0 Å². The maximum absolute atomic E-state index is 12.9. The van der Waals surface area contributed by atoms with Gasteiger partial charge < -0.3 is 33.2 Å². The van der Waals surface area contributed by atoms with Crippen molar-refractivity contribution in [2.75, 3.05) is 42.7 Å². The third-order valence-corrected chi connectivity index (χ3v) is 5.39. The zero-order valence-corrected chi connectivity index (χ0v) is 21.5. The largest absolute Gasteiger partial charge is 0.495 e. The molecule has 0 spiro atoms. The Hall–Kier alpha value is -4.11. The van der Waals surface area contributed by atoms with Crippen LogP contribution in [-0.4, -0.2) is 54.8 Å². The molecule has 0 aliphatic rings. The highest BCUT2D eigenvalue weighted by molar-refractivity contribution is 6.32. The summed E-state index contributed by atoms with van der Waals surface area (Å²) in [6.07, 6.45) is 1.61. The molecule has 0 aliphatic heterocycles. The molecular formula is C26H26ClNO8. The van der Waals surface area contributed by atoms with Crippen molar-refractivity contribution in [3.63, 3.8) is 0 Å². The number of rotatable bonds is 10. The molecule has 3 rings (SSSR count). The lowest BCUT2D eigenvalue weighted by Crippen LogP contribution is -2.10. The van der Waals surface area contributed by atoms with E-state index in [9.17, 15) is 4.79 Å². The topological polar surface area (TPSA) is 94.0 Å². The van der Waals surface area contributed by atoms with Crippen LogP contribution in [0.15, 0.2) is 47.5 Å². The average molecular weight is 516 g/mol. The molecule has 36 heavy (non-hydrogen) atoms. The lowest BCUT2D eigenvalue weighted by Gasteiger charge is -2.14. The highest BCUT2D eigenvalue weighted by Gasteiger charge is 2.20. The molecule has 0 amide bonds. The molecule has 190 valence electrons. The smallest absolute Gasteiger partial charge is 0.343 e. The SMILES string of the molecule is COc1cc(N=Cc2ccc(OC(=O)c3cc(OC)c(OC)c(OC)c3)c(OC)c2)c(OC)cc1Cl. The van der Waals surface area contributed by atoms with E-state index < -0.39 is 5.97 Å². The highest BCUT2D eigenvalue weighted by Crippen LogP contribution is 2.39. The fraction of sp³-hybridized carbons (Fsp3) is 0.231. The Morgan fingerprint density at radius 2 is 1.31 bits per heavy atom. The van der Waals surface area contributed by atoms with Gasteiger partial charge in [0.1, 0.15) is 17.2 Å². The number of carbonyl (C=O) groups is 1. The average Bonchev–Trinajstić information content (AvgIpc) is 2.91. The molecule has 3 aromatic rings. The molecule has 0 aliphatic carbocycles. The maximum atomic E-state index is 12.9. The van der Waals surface area contributed by atoms with Crippen molar-refractivity contribution in [2.45, 2.75) is 0 Å². The predicted octanol–water partition coefficient (Wildman–Crippen LogP) is 5.36. The molecule has 0 heterocycles. The Bertz CT molecular complexity index is 1250. The molecule has 0 bridgehead atoms. The van der Waals surface area contributed by atoms with Crippen LogP contribution in [0.25, 0.3) is 0 Å². The van der Waals surface area contributed by atoms with Gasteiger partial charge >= 0.3 is 5.97 Å². The summed E-state index contributed by atoms with van der Waals surface area (Å²) < 4.78 is 37.5. The van der Waals surface area contributed by atoms with E-state index in [4.69, 9.17) is 44.8 Å². The van der Waals surface area contributed by atoms with Gasteiger partial charge in [0.05, 0.1) is 53.2 Å². The number of aliphatic imine (C=N–C) groups is 1. The van der Waals surface area contributed by atoms with Crippen molar-refractivity contribution in [1.82, 2.24) is 0 Å². The number of hydrogen-bond donors (Lipinski definition) is 0. The van der Waals surface area contributed by atoms with Crippen LogP contribution >= 0.6 is 11.6 Å². The minimum atomic E-state index is -0.632. The van der Waals surface area contributed by atoms with Crippen LogP contribution in [0.2, 0.25) is 5.02 Å². The lowest BCUT2D eigenvalue weighted by atomic mass is 10.1. The molecule has 0 saturated heterocycles. The Labute approximate surface area is 214 Å². The first-order valence-electron chi connectivity index (χ1n) is 10.5. The predicted molar refractivity (Wildman–Crippen MR) is 136 cm³/mol. The van der Waals surface area contributed by atoms with E-state index >= 15 is 0 Å². The second-order valence-electron chi connectivity index (χ2n) is 7.13. The van der Waals surface area contributed by atoms with Crippen molar-refractivity contribution in [2.24, 2.45) is 4.99 Å². The molecule has 0 radical (unpaired) electrons. The molecule has 0 saturated carbocycles. The molecule has 0 N–H and O–H groups in total. The van der Waals surface area contributed by atoms with Gasteiger partial charge in [0.25, 0.3) is 0 Å². The molecule has 10 heteroatoms. The van der Waals surface area contributed by atoms with Crippen molar-refractivity contribution in [1.29, 1.82) is 0 Å². The number of ether oxygens (including phenoxy) is 7. The van der Waals surface area contributed by atoms with Crippen molar-refractivity contribution >= 4 is 29.5 Å². The summed E-state index contributed by atoms with van der Waals surface area (Å²) in [6, 6.07) is 11.3. The van der Waals surface area contributed by atoms with E-state index in [1.54, 1.807) is 36.5 Å². The molecule has 0 aromatic heterocycles. The molecule has 9 nitrogen and oxygen atoms in total. The molecule has 3 aromatic carbocycles. The van der Waals surface area contributed by atoms with Gasteiger partial charge in [-0.3, -0.25) is 4.99 Å². The van der Waals surface area contributed by atoms with Crippen LogP contribution in [-0.2, 0) is 0 Å². The number of carbonyl (C=O) groups excluding carboxylic acids is 1. The van der Waals surface area contributed by atoms with Gasteiger partial charge in [-0.05, 0) is 35.9 Å². The van der Waals surface area contributed by atoms with E-state index in [2.05, 4.69) is 4.99 Å². The number of hydrogen-bond acceptors (Lipinski definition) is 9. The summed E-state index contributed by atoms with van der Waals surface area (Å²) in [5.74, 6) is 1.91. The van der Waals surface area contributed by atoms with Crippen LogP contribution < -0.4 is 33.2 Å². The number of esters is 1. The number of nitrogens with zero attached hydrogens (tertiary/aromatic N) is 1. The van der Waals surface area contributed by atoms with Crippen LogP contribution in [0.3, 0.4) is 0 Å². The lowest BCUT2D eigenvalue weighted by molar-refractivity contribution is 0.0728. The van der Waals surface area contributed by atoms with Crippen LogP contribution in [0, 0.1) is 0 Å². The monoisotopic (exact) mass is 515 g/mol. The zero-order valence-electron chi connectivity index (χ0n) is 20.7. The second-order valence-corrected chi connectivity index (χ2v) is 7.54.